The minimum absolute atomic E-state index is 0.0132. The van der Waals surface area contributed by atoms with Crippen molar-refractivity contribution < 1.29 is 8.78 Å². The number of aryl methyl sites for hydroxylation is 1. The van der Waals surface area contributed by atoms with E-state index >= 15 is 0 Å². The first-order valence-electron chi connectivity index (χ1n) is 9.88. The topological polar surface area (TPSA) is 24.4 Å². The van der Waals surface area contributed by atoms with Crippen molar-refractivity contribution in [3.8, 4) is 0 Å². The Morgan fingerprint density at radius 2 is 2.11 bits per heavy atom. The number of allylic oxidation sites excluding steroid dienone is 3. The SMILES string of the molecule is C=C(C=N/C(=C\C)CCC(C)(F)F)C(C)NC(=C)C1CC1c1cccc(C)c1. The molecule has 1 saturated carbocycles. The number of benzene rings is 1. The van der Waals surface area contributed by atoms with Crippen molar-refractivity contribution in [1.82, 2.24) is 5.32 Å². The van der Waals surface area contributed by atoms with Gasteiger partial charge in [-0.2, -0.15) is 0 Å². The molecule has 28 heavy (non-hydrogen) atoms. The second-order valence-electron chi connectivity index (χ2n) is 7.94. The molecule has 1 fully saturated rings. The summed E-state index contributed by atoms with van der Waals surface area (Å²) in [7, 11) is 0. The average molecular weight is 387 g/mol. The summed E-state index contributed by atoms with van der Waals surface area (Å²) in [6, 6.07) is 8.62. The minimum Gasteiger partial charge on any atom is -0.382 e. The molecule has 0 bridgehead atoms. The number of nitrogens with one attached hydrogen (secondary N) is 1. The number of nitrogens with zero attached hydrogens (tertiary/aromatic N) is 1. The van der Waals surface area contributed by atoms with Crippen molar-refractivity contribution in [3.63, 3.8) is 0 Å². The van der Waals surface area contributed by atoms with Crippen LogP contribution in [0.2, 0.25) is 0 Å². The Kier molecular flexibility index (Phi) is 7.34. The lowest BCUT2D eigenvalue weighted by Crippen LogP contribution is -2.28. The Labute approximate surface area is 168 Å². The highest BCUT2D eigenvalue weighted by Crippen LogP contribution is 2.50. The van der Waals surface area contributed by atoms with E-state index in [2.05, 4.69) is 54.7 Å². The van der Waals surface area contributed by atoms with Gasteiger partial charge in [0.15, 0.2) is 0 Å². The Bertz CT molecular complexity index is 771. The van der Waals surface area contributed by atoms with E-state index in [4.69, 9.17) is 0 Å². The summed E-state index contributed by atoms with van der Waals surface area (Å²) in [5.74, 6) is -1.71. The quantitative estimate of drug-likeness (QED) is 0.453. The van der Waals surface area contributed by atoms with Crippen LogP contribution in [0.3, 0.4) is 0 Å². The molecule has 3 atom stereocenters. The van der Waals surface area contributed by atoms with E-state index in [1.54, 1.807) is 12.3 Å². The van der Waals surface area contributed by atoms with Gasteiger partial charge in [-0.3, -0.25) is 4.99 Å². The number of hydrogen-bond acceptors (Lipinski definition) is 2. The lowest BCUT2D eigenvalue weighted by atomic mass is 10.1. The lowest BCUT2D eigenvalue weighted by molar-refractivity contribution is 0.0132. The first kappa shape index (κ1) is 22.1. The molecular weight excluding hydrogens is 354 g/mol. The molecule has 0 spiro atoms. The van der Waals surface area contributed by atoms with Gasteiger partial charge in [-0.1, -0.05) is 49.1 Å². The molecule has 0 aliphatic heterocycles. The molecule has 1 aliphatic carbocycles. The van der Waals surface area contributed by atoms with Gasteiger partial charge >= 0.3 is 0 Å². The summed E-state index contributed by atoms with van der Waals surface area (Å²) >= 11 is 0. The summed E-state index contributed by atoms with van der Waals surface area (Å²) < 4.78 is 26.1. The van der Waals surface area contributed by atoms with Crippen LogP contribution in [0.15, 0.2) is 65.5 Å². The largest absolute Gasteiger partial charge is 0.382 e. The van der Waals surface area contributed by atoms with Crippen LogP contribution in [0.1, 0.15) is 57.1 Å². The summed E-state index contributed by atoms with van der Waals surface area (Å²) in [5, 5.41) is 3.43. The van der Waals surface area contributed by atoms with Crippen LogP contribution in [-0.4, -0.2) is 18.2 Å². The first-order chi connectivity index (χ1) is 13.1. The molecule has 152 valence electrons. The highest BCUT2D eigenvalue weighted by molar-refractivity contribution is 5.80. The molecule has 3 unspecified atom stereocenters. The van der Waals surface area contributed by atoms with Crippen LogP contribution in [0.5, 0.6) is 0 Å². The third-order valence-electron chi connectivity index (χ3n) is 5.22. The highest BCUT2D eigenvalue weighted by Gasteiger charge is 2.40. The summed E-state index contributed by atoms with van der Waals surface area (Å²) in [5.41, 5.74) is 5.11. The number of halogens is 2. The van der Waals surface area contributed by atoms with E-state index in [1.807, 2.05) is 13.8 Å². The smallest absolute Gasteiger partial charge is 0.245 e. The van der Waals surface area contributed by atoms with E-state index in [-0.39, 0.29) is 18.9 Å². The molecule has 0 heterocycles. The van der Waals surface area contributed by atoms with Crippen molar-refractivity contribution in [2.24, 2.45) is 10.9 Å². The van der Waals surface area contributed by atoms with Crippen molar-refractivity contribution in [2.75, 3.05) is 0 Å². The maximum Gasteiger partial charge on any atom is 0.245 e. The third-order valence-corrected chi connectivity index (χ3v) is 5.22. The summed E-state index contributed by atoms with van der Waals surface area (Å²) in [6.45, 7) is 15.1. The fourth-order valence-corrected chi connectivity index (χ4v) is 3.24. The molecule has 1 aliphatic rings. The molecular formula is C24H32F2N2. The van der Waals surface area contributed by atoms with Crippen molar-refractivity contribution in [2.45, 2.75) is 64.8 Å². The van der Waals surface area contributed by atoms with Crippen LogP contribution in [-0.2, 0) is 0 Å². The fraction of sp³-hybridized carbons (Fsp3) is 0.458. The second-order valence-corrected chi connectivity index (χ2v) is 7.94. The molecule has 0 amide bonds. The highest BCUT2D eigenvalue weighted by atomic mass is 19.3. The standard InChI is InChI=1S/C24H32F2N2/c1-7-21(11-12-24(6,25)26)27-15-17(3)18(4)28-19(5)22-14-23(22)20-10-8-9-16(2)13-20/h7-10,13,15,18,22-23,28H,3,5,11-12,14H2,1-2,4,6H3/b21-7-,27-15?. The molecule has 0 aromatic heterocycles. The summed E-state index contributed by atoms with van der Waals surface area (Å²) in [4.78, 5) is 4.34. The lowest BCUT2D eigenvalue weighted by Gasteiger charge is -2.18. The van der Waals surface area contributed by atoms with Crippen LogP contribution >= 0.6 is 0 Å². The predicted molar refractivity (Wildman–Crippen MR) is 115 cm³/mol. The Morgan fingerprint density at radius 3 is 2.71 bits per heavy atom. The van der Waals surface area contributed by atoms with Gasteiger partial charge in [0.1, 0.15) is 0 Å². The average Bonchev–Trinajstić information content (AvgIpc) is 3.41. The van der Waals surface area contributed by atoms with E-state index in [0.717, 1.165) is 24.6 Å². The Morgan fingerprint density at radius 1 is 1.39 bits per heavy atom. The van der Waals surface area contributed by atoms with Crippen molar-refractivity contribution in [3.05, 3.63) is 71.6 Å². The number of aliphatic imine (C=N–C) groups is 1. The molecule has 2 rings (SSSR count). The molecule has 1 N–H and O–H groups in total. The van der Waals surface area contributed by atoms with Crippen LogP contribution < -0.4 is 5.32 Å². The van der Waals surface area contributed by atoms with Gasteiger partial charge in [0.05, 0.1) is 0 Å². The number of hydrogen-bond donors (Lipinski definition) is 1. The number of rotatable bonds is 10. The van der Waals surface area contributed by atoms with E-state index < -0.39 is 5.92 Å². The zero-order chi connectivity index (χ0) is 20.9. The molecule has 0 saturated heterocycles. The van der Waals surface area contributed by atoms with Crippen molar-refractivity contribution >= 4 is 6.21 Å². The van der Waals surface area contributed by atoms with Crippen LogP contribution in [0, 0.1) is 12.8 Å². The second kappa shape index (κ2) is 9.31. The first-order valence-corrected chi connectivity index (χ1v) is 9.88. The molecule has 4 heteroatoms. The number of alkyl halides is 2. The van der Waals surface area contributed by atoms with Crippen molar-refractivity contribution in [1.29, 1.82) is 0 Å². The third kappa shape index (κ3) is 6.74. The Hall–Kier alpha value is -2.23. The van der Waals surface area contributed by atoms with E-state index in [1.165, 1.54) is 11.1 Å². The zero-order valence-corrected chi connectivity index (χ0v) is 17.4. The van der Waals surface area contributed by atoms with Gasteiger partial charge in [-0.05, 0) is 57.6 Å². The predicted octanol–water partition coefficient (Wildman–Crippen LogP) is 6.56. The molecule has 0 radical (unpaired) electrons. The van der Waals surface area contributed by atoms with Crippen LogP contribution in [0.4, 0.5) is 8.78 Å². The van der Waals surface area contributed by atoms with Gasteiger partial charge in [0.25, 0.3) is 0 Å². The molecule has 1 aromatic rings. The van der Waals surface area contributed by atoms with Gasteiger partial charge in [-0.15, -0.1) is 0 Å². The molecule has 1 aromatic carbocycles. The minimum atomic E-state index is -2.68. The maximum absolute atomic E-state index is 13.0. The van der Waals surface area contributed by atoms with Gasteiger partial charge < -0.3 is 5.32 Å². The zero-order valence-electron chi connectivity index (χ0n) is 17.4. The van der Waals surface area contributed by atoms with Gasteiger partial charge in [0.2, 0.25) is 5.92 Å². The fourth-order valence-electron chi connectivity index (χ4n) is 3.24. The van der Waals surface area contributed by atoms with Gasteiger partial charge in [-0.25, -0.2) is 8.78 Å². The van der Waals surface area contributed by atoms with Gasteiger partial charge in [0, 0.05) is 36.0 Å². The van der Waals surface area contributed by atoms with E-state index in [9.17, 15) is 8.78 Å². The van der Waals surface area contributed by atoms with Crippen LogP contribution in [0.25, 0.3) is 0 Å². The monoisotopic (exact) mass is 386 g/mol. The normalized spacial score (nSPS) is 20.9. The Balaban J connectivity index is 1.84. The molecule has 2 nitrogen and oxygen atoms in total. The van der Waals surface area contributed by atoms with E-state index in [0.29, 0.717) is 17.5 Å². The summed E-state index contributed by atoms with van der Waals surface area (Å²) in [6.07, 6.45) is 4.58. The maximum atomic E-state index is 13.0.